The smallest absolute Gasteiger partial charge is 0.224 e. The van der Waals surface area contributed by atoms with Crippen LogP contribution in [0.15, 0.2) is 42.5 Å². The van der Waals surface area contributed by atoms with E-state index in [2.05, 4.69) is 33.0 Å². The van der Waals surface area contributed by atoms with Crippen LogP contribution in [0.4, 0.5) is 11.4 Å². The number of imidazole rings is 1. The molecule has 28 heavy (non-hydrogen) atoms. The van der Waals surface area contributed by atoms with Crippen molar-refractivity contribution < 1.29 is 9.53 Å². The van der Waals surface area contributed by atoms with Crippen LogP contribution >= 0.6 is 0 Å². The van der Waals surface area contributed by atoms with Gasteiger partial charge in [0.05, 0.1) is 24.7 Å². The highest BCUT2D eigenvalue weighted by Crippen LogP contribution is 2.28. The van der Waals surface area contributed by atoms with Gasteiger partial charge in [-0.05, 0) is 36.2 Å². The van der Waals surface area contributed by atoms with Crippen molar-refractivity contribution in [2.75, 3.05) is 23.9 Å². The fraction of sp³-hybridized carbons (Fsp3) is 0.364. The monoisotopic (exact) mass is 378 g/mol. The number of hydrogen-bond donors (Lipinski definition) is 1. The molecule has 0 saturated heterocycles. The number of fused-ring (bicyclic) bond motifs is 3. The van der Waals surface area contributed by atoms with Crippen LogP contribution in [0.2, 0.25) is 0 Å². The molecule has 4 rings (SSSR count). The molecule has 0 saturated carbocycles. The zero-order valence-electron chi connectivity index (χ0n) is 16.6. The van der Waals surface area contributed by atoms with Crippen LogP contribution in [0.25, 0.3) is 11.0 Å². The Morgan fingerprint density at radius 3 is 2.86 bits per heavy atom. The Morgan fingerprint density at radius 2 is 2.07 bits per heavy atom. The number of methoxy groups -OCH3 is 1. The Bertz CT molecular complexity index is 1010. The van der Waals surface area contributed by atoms with Gasteiger partial charge in [-0.2, -0.15) is 0 Å². The third kappa shape index (κ3) is 3.67. The summed E-state index contributed by atoms with van der Waals surface area (Å²) in [6.45, 7) is 6.62. The Balaban J connectivity index is 1.56. The molecule has 1 N–H and O–H groups in total. The maximum Gasteiger partial charge on any atom is 0.224 e. The summed E-state index contributed by atoms with van der Waals surface area (Å²) in [5, 5.41) is 2.98. The second-order valence-electron chi connectivity index (χ2n) is 7.65. The minimum absolute atomic E-state index is 0.0440. The molecule has 1 aliphatic heterocycles. The summed E-state index contributed by atoms with van der Waals surface area (Å²) in [6.07, 6.45) is 0.521. The number of carbonyl (C=O) groups excluding carboxylic acids is 1. The highest BCUT2D eigenvalue weighted by molar-refractivity contribution is 5.93. The van der Waals surface area contributed by atoms with Crippen molar-refractivity contribution in [3.8, 4) is 5.75 Å². The first-order valence-corrected chi connectivity index (χ1v) is 9.71. The number of amides is 1. The van der Waals surface area contributed by atoms with E-state index in [0.29, 0.717) is 12.3 Å². The number of carbonyl (C=O) groups is 1. The van der Waals surface area contributed by atoms with Gasteiger partial charge in [0.2, 0.25) is 5.91 Å². The van der Waals surface area contributed by atoms with Gasteiger partial charge in [-0.1, -0.05) is 19.9 Å². The van der Waals surface area contributed by atoms with Crippen LogP contribution in [0.5, 0.6) is 5.75 Å². The molecule has 1 aromatic heterocycles. The number of rotatable bonds is 5. The van der Waals surface area contributed by atoms with E-state index in [4.69, 9.17) is 9.72 Å². The molecular formula is C22H26N4O2. The number of aromatic nitrogens is 2. The average Bonchev–Trinajstić information content (AvgIpc) is 3.04. The molecule has 146 valence electrons. The first-order chi connectivity index (χ1) is 13.5. The van der Waals surface area contributed by atoms with Gasteiger partial charge < -0.3 is 19.5 Å². The molecule has 6 nitrogen and oxygen atoms in total. The third-order valence-electron chi connectivity index (χ3n) is 5.05. The fourth-order valence-electron chi connectivity index (χ4n) is 3.71. The van der Waals surface area contributed by atoms with E-state index in [-0.39, 0.29) is 5.91 Å². The summed E-state index contributed by atoms with van der Waals surface area (Å²) in [4.78, 5) is 19.2. The lowest BCUT2D eigenvalue weighted by atomic mass is 10.1. The molecule has 0 fully saturated rings. The molecule has 1 amide bonds. The van der Waals surface area contributed by atoms with Gasteiger partial charge in [0.15, 0.2) is 0 Å². The van der Waals surface area contributed by atoms with E-state index in [1.807, 2.05) is 38.1 Å². The van der Waals surface area contributed by atoms with E-state index in [9.17, 15) is 4.79 Å². The Morgan fingerprint density at radius 1 is 1.21 bits per heavy atom. The summed E-state index contributed by atoms with van der Waals surface area (Å²) < 4.78 is 7.62. The second kappa shape index (κ2) is 7.54. The number of anilines is 2. The van der Waals surface area contributed by atoms with Crippen molar-refractivity contribution in [1.82, 2.24) is 9.55 Å². The maximum atomic E-state index is 12.1. The SMILES string of the molecule is COc1cccc(N2CCn3c(nc4cc(NC(=O)CC(C)C)ccc43)C2)c1. The van der Waals surface area contributed by atoms with Crippen LogP contribution in [-0.4, -0.2) is 29.1 Å². The van der Waals surface area contributed by atoms with Gasteiger partial charge in [0, 0.05) is 37.0 Å². The van der Waals surface area contributed by atoms with Gasteiger partial charge in [-0.3, -0.25) is 4.79 Å². The third-order valence-corrected chi connectivity index (χ3v) is 5.05. The standard InChI is InChI=1S/C22H26N4O2/c1-15(2)11-22(27)23-16-7-8-20-19(12-16)24-21-14-25(9-10-26(20)21)17-5-4-6-18(13-17)28-3/h4-8,12-13,15H,9-11,14H2,1-3H3,(H,23,27). The van der Waals surface area contributed by atoms with Gasteiger partial charge >= 0.3 is 0 Å². The Kier molecular flexibility index (Phi) is 4.94. The molecule has 6 heteroatoms. The number of benzene rings is 2. The van der Waals surface area contributed by atoms with Crippen molar-refractivity contribution in [3.05, 3.63) is 48.3 Å². The number of nitrogens with one attached hydrogen (secondary N) is 1. The molecule has 2 aromatic carbocycles. The average molecular weight is 378 g/mol. The molecule has 0 unspecified atom stereocenters. The molecule has 3 aromatic rings. The summed E-state index contributed by atoms with van der Waals surface area (Å²) in [5.74, 6) is 2.28. The Labute approximate surface area is 165 Å². The molecule has 1 aliphatic rings. The largest absolute Gasteiger partial charge is 0.497 e. The predicted molar refractivity (Wildman–Crippen MR) is 112 cm³/mol. The zero-order chi connectivity index (χ0) is 19.7. The van der Waals surface area contributed by atoms with Crippen LogP contribution in [0, 0.1) is 5.92 Å². The topological polar surface area (TPSA) is 59.4 Å². The van der Waals surface area contributed by atoms with Gasteiger partial charge in [0.1, 0.15) is 11.6 Å². The fourth-order valence-corrected chi connectivity index (χ4v) is 3.71. The van der Waals surface area contributed by atoms with Crippen LogP contribution in [0.3, 0.4) is 0 Å². The summed E-state index contributed by atoms with van der Waals surface area (Å²) in [5.41, 5.74) is 3.98. The Hall–Kier alpha value is -3.02. The normalized spacial score (nSPS) is 13.6. The van der Waals surface area contributed by atoms with E-state index in [1.54, 1.807) is 7.11 Å². The van der Waals surface area contributed by atoms with E-state index < -0.39 is 0 Å². The molecule has 0 spiro atoms. The van der Waals surface area contributed by atoms with Gasteiger partial charge in [0.25, 0.3) is 0 Å². The highest BCUT2D eigenvalue weighted by atomic mass is 16.5. The summed E-state index contributed by atoms with van der Waals surface area (Å²) >= 11 is 0. The quantitative estimate of drug-likeness (QED) is 0.728. The number of nitrogens with zero attached hydrogens (tertiary/aromatic N) is 3. The molecule has 0 bridgehead atoms. The van der Waals surface area contributed by atoms with Crippen molar-refractivity contribution in [2.45, 2.75) is 33.4 Å². The maximum absolute atomic E-state index is 12.1. The number of hydrogen-bond acceptors (Lipinski definition) is 4. The van der Waals surface area contributed by atoms with Crippen molar-refractivity contribution in [1.29, 1.82) is 0 Å². The minimum atomic E-state index is 0.0440. The summed E-state index contributed by atoms with van der Waals surface area (Å²) in [7, 11) is 1.69. The lowest BCUT2D eigenvalue weighted by Gasteiger charge is -2.30. The lowest BCUT2D eigenvalue weighted by Crippen LogP contribution is -2.33. The molecule has 0 radical (unpaired) electrons. The predicted octanol–water partition coefficient (Wildman–Crippen LogP) is 4.05. The van der Waals surface area contributed by atoms with E-state index >= 15 is 0 Å². The first-order valence-electron chi connectivity index (χ1n) is 9.71. The van der Waals surface area contributed by atoms with Crippen molar-refractivity contribution in [3.63, 3.8) is 0 Å². The zero-order valence-corrected chi connectivity index (χ0v) is 16.6. The summed E-state index contributed by atoms with van der Waals surface area (Å²) in [6, 6.07) is 14.1. The molecule has 0 aliphatic carbocycles. The second-order valence-corrected chi connectivity index (χ2v) is 7.65. The van der Waals surface area contributed by atoms with Crippen LogP contribution in [-0.2, 0) is 17.9 Å². The minimum Gasteiger partial charge on any atom is -0.497 e. The van der Waals surface area contributed by atoms with E-state index in [0.717, 1.165) is 53.6 Å². The van der Waals surface area contributed by atoms with Gasteiger partial charge in [-0.15, -0.1) is 0 Å². The van der Waals surface area contributed by atoms with E-state index in [1.165, 1.54) is 0 Å². The molecular weight excluding hydrogens is 352 g/mol. The van der Waals surface area contributed by atoms with Crippen molar-refractivity contribution in [2.24, 2.45) is 5.92 Å². The van der Waals surface area contributed by atoms with Gasteiger partial charge in [-0.25, -0.2) is 4.98 Å². The lowest BCUT2D eigenvalue weighted by molar-refractivity contribution is -0.116. The number of ether oxygens (including phenoxy) is 1. The van der Waals surface area contributed by atoms with Crippen LogP contribution < -0.4 is 15.0 Å². The highest BCUT2D eigenvalue weighted by Gasteiger charge is 2.21. The van der Waals surface area contributed by atoms with Crippen LogP contribution in [0.1, 0.15) is 26.1 Å². The first kappa shape index (κ1) is 18.3. The van der Waals surface area contributed by atoms with Crippen molar-refractivity contribution >= 4 is 28.3 Å². The molecule has 0 atom stereocenters. The molecule has 2 heterocycles.